The van der Waals surface area contributed by atoms with Crippen LogP contribution in [0.3, 0.4) is 0 Å². The summed E-state index contributed by atoms with van der Waals surface area (Å²) in [6.45, 7) is 0.431. The van der Waals surface area contributed by atoms with Crippen molar-refractivity contribution in [3.8, 4) is 0 Å². The summed E-state index contributed by atoms with van der Waals surface area (Å²) in [4.78, 5) is 24.4. The molecule has 0 unspecified atom stereocenters. The highest BCUT2D eigenvalue weighted by molar-refractivity contribution is 6.05. The molecule has 4 heterocycles. The van der Waals surface area contributed by atoms with Gasteiger partial charge in [-0.1, -0.05) is 0 Å². The van der Waals surface area contributed by atoms with E-state index in [9.17, 15) is 18.0 Å². The number of hydrogen-bond acceptors (Lipinski definition) is 4. The van der Waals surface area contributed by atoms with Crippen LogP contribution in [0.5, 0.6) is 0 Å². The Bertz CT molecular complexity index is 961. The van der Waals surface area contributed by atoms with Crippen molar-refractivity contribution in [3.05, 3.63) is 36.3 Å². The highest BCUT2D eigenvalue weighted by Crippen LogP contribution is 2.35. The van der Waals surface area contributed by atoms with Gasteiger partial charge in [0.05, 0.1) is 11.7 Å². The minimum absolute atomic E-state index is 0.127. The van der Waals surface area contributed by atoms with Gasteiger partial charge in [-0.25, -0.2) is 14.8 Å². The summed E-state index contributed by atoms with van der Waals surface area (Å²) >= 11 is 0. The molecule has 6 nitrogen and oxygen atoms in total. The Morgan fingerprint density at radius 1 is 1.23 bits per heavy atom. The second-order valence-electron chi connectivity index (χ2n) is 6.24. The van der Waals surface area contributed by atoms with Gasteiger partial charge in [-0.2, -0.15) is 0 Å². The van der Waals surface area contributed by atoms with E-state index in [0.717, 1.165) is 26.8 Å². The fourth-order valence-corrected chi connectivity index (χ4v) is 3.56. The van der Waals surface area contributed by atoms with E-state index in [1.807, 2.05) is 18.3 Å². The van der Waals surface area contributed by atoms with Crippen molar-refractivity contribution in [2.24, 2.45) is 0 Å². The van der Waals surface area contributed by atoms with Gasteiger partial charge in [0.2, 0.25) is 0 Å². The molecule has 3 aromatic heterocycles. The topological polar surface area (TPSA) is 71.1 Å². The molecular formula is C17H15F3N4O2. The molecule has 0 saturated carbocycles. The molecule has 1 saturated heterocycles. The molecule has 9 heteroatoms. The smallest absolute Gasteiger partial charge is 0.360 e. The van der Waals surface area contributed by atoms with Crippen molar-refractivity contribution in [3.63, 3.8) is 0 Å². The van der Waals surface area contributed by atoms with E-state index in [2.05, 4.69) is 19.7 Å². The van der Waals surface area contributed by atoms with E-state index in [0.29, 0.717) is 18.5 Å². The van der Waals surface area contributed by atoms with Crippen LogP contribution in [0.25, 0.3) is 21.9 Å². The minimum atomic E-state index is -4.96. The number of ether oxygens (including phenoxy) is 1. The van der Waals surface area contributed by atoms with Gasteiger partial charge in [0, 0.05) is 36.3 Å². The number of aromatic nitrogens is 3. The van der Waals surface area contributed by atoms with Crippen LogP contribution in [-0.2, 0) is 4.74 Å². The number of carbonyl (C=O) groups excluding carboxylic acids is 1. The number of halogens is 3. The highest BCUT2D eigenvalue weighted by Gasteiger charge is 2.37. The van der Waals surface area contributed by atoms with E-state index in [-0.39, 0.29) is 19.0 Å². The first-order valence-electron chi connectivity index (χ1n) is 8.18. The molecule has 1 amide bonds. The molecule has 136 valence electrons. The maximum absolute atomic E-state index is 12.2. The number of piperidine rings is 1. The predicted molar refractivity (Wildman–Crippen MR) is 87.5 cm³/mol. The summed E-state index contributed by atoms with van der Waals surface area (Å²) in [5.41, 5.74) is 2.62. The van der Waals surface area contributed by atoms with Crippen molar-refractivity contribution in [2.45, 2.75) is 25.1 Å². The van der Waals surface area contributed by atoms with Gasteiger partial charge in [-0.05, 0) is 36.5 Å². The van der Waals surface area contributed by atoms with Crippen molar-refractivity contribution >= 4 is 28.0 Å². The number of nitrogens with one attached hydrogen (secondary N) is 1. The molecule has 26 heavy (non-hydrogen) atoms. The van der Waals surface area contributed by atoms with Gasteiger partial charge in [-0.3, -0.25) is 0 Å². The lowest BCUT2D eigenvalue weighted by molar-refractivity contribution is -0.294. The van der Waals surface area contributed by atoms with Gasteiger partial charge in [-0.15, -0.1) is 13.2 Å². The first-order chi connectivity index (χ1) is 12.4. The molecule has 4 rings (SSSR count). The Morgan fingerprint density at radius 3 is 2.73 bits per heavy atom. The third-order valence-corrected chi connectivity index (χ3v) is 4.72. The zero-order valence-corrected chi connectivity index (χ0v) is 13.6. The Hall–Kier alpha value is -2.84. The molecule has 1 aliphatic heterocycles. The molecule has 0 atom stereocenters. The summed E-state index contributed by atoms with van der Waals surface area (Å²) in [5, 5.41) is 1.96. The van der Waals surface area contributed by atoms with Crippen LogP contribution < -0.4 is 0 Å². The molecule has 0 bridgehead atoms. The number of likely N-dealkylation sites (tertiary alicyclic amines) is 1. The second-order valence-corrected chi connectivity index (χ2v) is 6.24. The van der Waals surface area contributed by atoms with Crippen LogP contribution in [0, 0.1) is 0 Å². The largest absolute Gasteiger partial charge is 0.576 e. The van der Waals surface area contributed by atoms with Crippen molar-refractivity contribution < 1.29 is 22.7 Å². The Kier molecular flexibility index (Phi) is 3.93. The van der Waals surface area contributed by atoms with E-state index in [1.54, 1.807) is 12.4 Å². The Balaban J connectivity index is 1.58. The molecule has 1 aliphatic rings. The molecule has 0 aromatic carbocycles. The van der Waals surface area contributed by atoms with Crippen LogP contribution in [0.15, 0.2) is 30.7 Å². The van der Waals surface area contributed by atoms with Crippen LogP contribution >= 0.6 is 0 Å². The lowest BCUT2D eigenvalue weighted by Gasteiger charge is -2.32. The SMILES string of the molecule is O=C(OC(F)(F)F)N1CCC(c2cc[nH]c3cnc4nccc4c23)CC1. The van der Waals surface area contributed by atoms with Gasteiger partial charge in [0.25, 0.3) is 0 Å². The maximum atomic E-state index is 12.2. The van der Waals surface area contributed by atoms with E-state index in [4.69, 9.17) is 0 Å². The van der Waals surface area contributed by atoms with Crippen molar-refractivity contribution in [1.82, 2.24) is 19.9 Å². The normalized spacial score (nSPS) is 16.3. The highest BCUT2D eigenvalue weighted by atomic mass is 19.4. The maximum Gasteiger partial charge on any atom is 0.576 e. The first-order valence-corrected chi connectivity index (χ1v) is 8.18. The van der Waals surface area contributed by atoms with Gasteiger partial charge in [0.15, 0.2) is 5.65 Å². The average Bonchev–Trinajstić information content (AvgIpc) is 3.09. The third kappa shape index (κ3) is 3.04. The minimum Gasteiger partial charge on any atom is -0.360 e. The third-order valence-electron chi connectivity index (χ3n) is 4.72. The fourth-order valence-electron chi connectivity index (χ4n) is 3.56. The summed E-state index contributed by atoms with van der Waals surface area (Å²) in [6.07, 6.45) is 0.0741. The quantitative estimate of drug-likeness (QED) is 0.710. The fraction of sp³-hybridized carbons (Fsp3) is 0.353. The molecule has 1 fully saturated rings. The monoisotopic (exact) mass is 364 g/mol. The summed E-state index contributed by atoms with van der Waals surface area (Å²) in [7, 11) is 0. The number of carbonyl (C=O) groups is 1. The number of rotatable bonds is 1. The lowest BCUT2D eigenvalue weighted by atomic mass is 9.87. The van der Waals surface area contributed by atoms with E-state index < -0.39 is 12.5 Å². The van der Waals surface area contributed by atoms with E-state index >= 15 is 0 Å². The molecule has 0 spiro atoms. The average molecular weight is 364 g/mol. The number of nitrogens with zero attached hydrogens (tertiary/aromatic N) is 3. The number of H-pyrrole nitrogens is 1. The number of alkyl halides is 3. The molecular weight excluding hydrogens is 349 g/mol. The summed E-state index contributed by atoms with van der Waals surface area (Å²) in [5.74, 6) is 0.127. The van der Waals surface area contributed by atoms with Crippen molar-refractivity contribution in [2.75, 3.05) is 13.1 Å². The van der Waals surface area contributed by atoms with Crippen LogP contribution in [0.2, 0.25) is 0 Å². The summed E-state index contributed by atoms with van der Waals surface area (Å²) < 4.78 is 40.1. The Labute approximate surface area is 146 Å². The van der Waals surface area contributed by atoms with Crippen LogP contribution in [-0.4, -0.2) is 45.4 Å². The number of pyridine rings is 2. The van der Waals surface area contributed by atoms with Gasteiger partial charge < -0.3 is 14.6 Å². The molecule has 0 radical (unpaired) electrons. The number of fused-ring (bicyclic) bond motifs is 3. The zero-order chi connectivity index (χ0) is 18.3. The van der Waals surface area contributed by atoms with Gasteiger partial charge >= 0.3 is 12.5 Å². The predicted octanol–water partition coefficient (Wildman–Crippen LogP) is 3.95. The zero-order valence-electron chi connectivity index (χ0n) is 13.6. The molecule has 1 N–H and O–H groups in total. The first kappa shape index (κ1) is 16.6. The number of hydrogen-bond donors (Lipinski definition) is 1. The molecule has 3 aromatic rings. The number of aromatic amines is 1. The van der Waals surface area contributed by atoms with E-state index in [1.165, 1.54) is 0 Å². The second kappa shape index (κ2) is 6.15. The standard InChI is InChI=1S/C17H15F3N4O2/c18-17(19,20)26-16(25)24-7-3-10(4-8-24)11-1-5-21-13-9-23-15-12(14(11)13)2-6-22-15/h1-2,5-6,9-10,21H,3-4,7-8H2. The van der Waals surface area contributed by atoms with Crippen LogP contribution in [0.4, 0.5) is 18.0 Å². The Morgan fingerprint density at radius 2 is 2.00 bits per heavy atom. The summed E-state index contributed by atoms with van der Waals surface area (Å²) in [6, 6.07) is 3.88. The van der Waals surface area contributed by atoms with Crippen LogP contribution in [0.1, 0.15) is 24.3 Å². The van der Waals surface area contributed by atoms with Gasteiger partial charge in [0.1, 0.15) is 0 Å². The van der Waals surface area contributed by atoms with Crippen molar-refractivity contribution in [1.29, 1.82) is 0 Å². The molecule has 0 aliphatic carbocycles. The lowest BCUT2D eigenvalue weighted by Crippen LogP contribution is -2.40. The number of amides is 1.